The first-order valence-electron chi connectivity index (χ1n) is 5.38. The summed E-state index contributed by atoms with van der Waals surface area (Å²) in [6.07, 6.45) is 1.71. The van der Waals surface area contributed by atoms with Crippen LogP contribution in [0.3, 0.4) is 0 Å². The number of sulfone groups is 1. The Morgan fingerprint density at radius 2 is 2.06 bits per heavy atom. The van der Waals surface area contributed by atoms with Crippen LogP contribution in [0, 0.1) is 0 Å². The Hall–Kier alpha value is -0.880. The van der Waals surface area contributed by atoms with Gasteiger partial charge in [0.25, 0.3) is 0 Å². The topological polar surface area (TPSA) is 60.4 Å². The zero-order chi connectivity index (χ0) is 13.8. The van der Waals surface area contributed by atoms with Gasteiger partial charge in [-0.2, -0.15) is 0 Å². The molecule has 0 aliphatic rings. The van der Waals surface area contributed by atoms with Crippen molar-refractivity contribution in [1.82, 2.24) is 0 Å². The van der Waals surface area contributed by atoms with Crippen LogP contribution in [0.25, 0.3) is 0 Å². The third-order valence-electron chi connectivity index (χ3n) is 2.39. The maximum absolute atomic E-state index is 11.9. The molecule has 0 radical (unpaired) electrons. The summed E-state index contributed by atoms with van der Waals surface area (Å²) < 4.78 is 27.7. The minimum absolute atomic E-state index is 0.0281. The number of halogens is 1. The van der Waals surface area contributed by atoms with E-state index in [2.05, 4.69) is 15.9 Å². The zero-order valence-electron chi connectivity index (χ0n) is 10.3. The molecule has 0 aromatic heterocycles. The second kappa shape index (κ2) is 6.33. The standard InChI is InChI=1S/C12H15BrO4S/c1-17-9-5-6-11(13)10(8-9)12(14)4-3-7-18(2,15)16/h5-6,8H,3-4,7H2,1-2H3. The molecule has 0 atom stereocenters. The molecule has 0 unspecified atom stereocenters. The lowest BCUT2D eigenvalue weighted by Crippen LogP contribution is -2.07. The van der Waals surface area contributed by atoms with Crippen LogP contribution in [0.15, 0.2) is 22.7 Å². The van der Waals surface area contributed by atoms with Crippen molar-refractivity contribution in [3.8, 4) is 5.75 Å². The van der Waals surface area contributed by atoms with Crippen molar-refractivity contribution < 1.29 is 17.9 Å². The second-order valence-electron chi connectivity index (χ2n) is 4.00. The molecule has 0 aliphatic carbocycles. The Morgan fingerprint density at radius 1 is 1.39 bits per heavy atom. The highest BCUT2D eigenvalue weighted by Crippen LogP contribution is 2.24. The van der Waals surface area contributed by atoms with E-state index >= 15 is 0 Å². The van der Waals surface area contributed by atoms with Gasteiger partial charge in [0.05, 0.1) is 12.9 Å². The van der Waals surface area contributed by atoms with Gasteiger partial charge in [-0.1, -0.05) is 15.9 Å². The Morgan fingerprint density at radius 3 is 2.61 bits per heavy atom. The number of ether oxygens (including phenoxy) is 1. The van der Waals surface area contributed by atoms with Gasteiger partial charge >= 0.3 is 0 Å². The van der Waals surface area contributed by atoms with Crippen LogP contribution >= 0.6 is 15.9 Å². The van der Waals surface area contributed by atoms with Crippen LogP contribution in [0.4, 0.5) is 0 Å². The molecule has 0 N–H and O–H groups in total. The maximum atomic E-state index is 11.9. The van der Waals surface area contributed by atoms with Gasteiger partial charge in [-0.05, 0) is 24.6 Å². The number of methoxy groups -OCH3 is 1. The number of rotatable bonds is 6. The SMILES string of the molecule is COc1ccc(Br)c(C(=O)CCCS(C)(=O)=O)c1. The van der Waals surface area contributed by atoms with E-state index in [1.54, 1.807) is 18.2 Å². The van der Waals surface area contributed by atoms with Gasteiger partial charge in [0.1, 0.15) is 15.6 Å². The van der Waals surface area contributed by atoms with E-state index < -0.39 is 9.84 Å². The summed E-state index contributed by atoms with van der Waals surface area (Å²) >= 11 is 3.30. The minimum Gasteiger partial charge on any atom is -0.497 e. The van der Waals surface area contributed by atoms with E-state index in [-0.39, 0.29) is 18.0 Å². The summed E-state index contributed by atoms with van der Waals surface area (Å²) in [7, 11) is -1.48. The molecule has 4 nitrogen and oxygen atoms in total. The molecule has 0 saturated carbocycles. The van der Waals surface area contributed by atoms with Crippen molar-refractivity contribution in [2.75, 3.05) is 19.1 Å². The van der Waals surface area contributed by atoms with E-state index in [1.807, 2.05) is 0 Å². The Kier molecular flexibility index (Phi) is 5.34. The van der Waals surface area contributed by atoms with Crippen molar-refractivity contribution in [1.29, 1.82) is 0 Å². The number of benzene rings is 1. The fourth-order valence-electron chi connectivity index (χ4n) is 1.47. The van der Waals surface area contributed by atoms with Gasteiger partial charge in [-0.25, -0.2) is 8.42 Å². The van der Waals surface area contributed by atoms with Crippen LogP contribution in [0.2, 0.25) is 0 Å². The molecule has 18 heavy (non-hydrogen) atoms. The quantitative estimate of drug-likeness (QED) is 0.750. The van der Waals surface area contributed by atoms with Crippen LogP contribution in [0.5, 0.6) is 5.75 Å². The third kappa shape index (κ3) is 4.78. The van der Waals surface area contributed by atoms with Crippen molar-refractivity contribution >= 4 is 31.6 Å². The second-order valence-corrected chi connectivity index (χ2v) is 7.12. The first-order chi connectivity index (χ1) is 8.33. The normalized spacial score (nSPS) is 11.3. The largest absolute Gasteiger partial charge is 0.497 e. The highest BCUT2D eigenvalue weighted by atomic mass is 79.9. The zero-order valence-corrected chi connectivity index (χ0v) is 12.7. The lowest BCUT2D eigenvalue weighted by atomic mass is 10.1. The number of Topliss-reactive ketones (excluding diaryl/α,β-unsaturated/α-hetero) is 1. The predicted octanol–water partition coefficient (Wildman–Crippen LogP) is 2.47. The van der Waals surface area contributed by atoms with E-state index in [9.17, 15) is 13.2 Å². The van der Waals surface area contributed by atoms with Gasteiger partial charge < -0.3 is 4.74 Å². The van der Waals surface area contributed by atoms with Gasteiger partial charge in [0, 0.05) is 22.7 Å². The molecule has 0 heterocycles. The third-order valence-corrected chi connectivity index (χ3v) is 4.11. The molecule has 0 saturated heterocycles. The van der Waals surface area contributed by atoms with Gasteiger partial charge in [-0.15, -0.1) is 0 Å². The summed E-state index contributed by atoms with van der Waals surface area (Å²) in [4.78, 5) is 11.9. The number of carbonyl (C=O) groups is 1. The molecule has 6 heteroatoms. The van der Waals surface area contributed by atoms with Crippen LogP contribution < -0.4 is 4.74 Å². The minimum atomic E-state index is -3.01. The number of carbonyl (C=O) groups excluding carboxylic acids is 1. The Bertz CT molecular complexity index is 537. The summed E-state index contributed by atoms with van der Waals surface area (Å²) in [6.45, 7) is 0. The average molecular weight is 335 g/mol. The molecule has 1 aromatic rings. The molecule has 1 aromatic carbocycles. The van der Waals surface area contributed by atoms with Gasteiger partial charge in [0.2, 0.25) is 0 Å². The van der Waals surface area contributed by atoms with Crippen molar-refractivity contribution in [2.24, 2.45) is 0 Å². The molecule has 0 spiro atoms. The number of hydrogen-bond acceptors (Lipinski definition) is 4. The van der Waals surface area contributed by atoms with Crippen LogP contribution in [-0.4, -0.2) is 33.3 Å². The number of ketones is 1. The molecule has 0 amide bonds. The van der Waals surface area contributed by atoms with E-state index in [4.69, 9.17) is 4.74 Å². The van der Waals surface area contributed by atoms with Gasteiger partial charge in [0.15, 0.2) is 5.78 Å². The fraction of sp³-hybridized carbons (Fsp3) is 0.417. The van der Waals surface area contributed by atoms with E-state index in [1.165, 1.54) is 13.4 Å². The summed E-state index contributed by atoms with van der Waals surface area (Å²) in [5, 5.41) is 0. The van der Waals surface area contributed by atoms with Crippen molar-refractivity contribution in [3.05, 3.63) is 28.2 Å². The van der Waals surface area contributed by atoms with E-state index in [0.717, 1.165) is 0 Å². The lowest BCUT2D eigenvalue weighted by molar-refractivity contribution is 0.0981. The molecule has 0 bridgehead atoms. The summed E-state index contributed by atoms with van der Waals surface area (Å²) in [5.74, 6) is 0.537. The van der Waals surface area contributed by atoms with E-state index in [0.29, 0.717) is 22.2 Å². The summed E-state index contributed by atoms with van der Waals surface area (Å²) in [5.41, 5.74) is 0.517. The van der Waals surface area contributed by atoms with Crippen molar-refractivity contribution in [2.45, 2.75) is 12.8 Å². The molecule has 0 fully saturated rings. The first kappa shape index (κ1) is 15.2. The predicted molar refractivity (Wildman–Crippen MR) is 74.0 cm³/mol. The molecular weight excluding hydrogens is 320 g/mol. The smallest absolute Gasteiger partial charge is 0.164 e. The highest BCUT2D eigenvalue weighted by Gasteiger charge is 2.12. The van der Waals surface area contributed by atoms with Crippen LogP contribution in [0.1, 0.15) is 23.2 Å². The molecule has 0 aliphatic heterocycles. The van der Waals surface area contributed by atoms with Crippen LogP contribution in [-0.2, 0) is 9.84 Å². The average Bonchev–Trinajstić information content (AvgIpc) is 2.27. The molecule has 100 valence electrons. The molecular formula is C12H15BrO4S. The Balaban J connectivity index is 2.72. The highest BCUT2D eigenvalue weighted by molar-refractivity contribution is 9.10. The fourth-order valence-corrected chi connectivity index (χ4v) is 2.61. The lowest BCUT2D eigenvalue weighted by Gasteiger charge is -2.06. The van der Waals surface area contributed by atoms with Gasteiger partial charge in [-0.3, -0.25) is 4.79 Å². The van der Waals surface area contributed by atoms with Crippen molar-refractivity contribution in [3.63, 3.8) is 0 Å². The Labute approximate surface area is 115 Å². The summed E-state index contributed by atoms with van der Waals surface area (Å²) in [6, 6.07) is 5.13. The maximum Gasteiger partial charge on any atom is 0.164 e. The number of hydrogen-bond donors (Lipinski definition) is 0. The molecule has 1 rings (SSSR count). The first-order valence-corrected chi connectivity index (χ1v) is 8.23. The monoisotopic (exact) mass is 334 g/mol.